The van der Waals surface area contributed by atoms with Crippen LogP contribution in [0.3, 0.4) is 0 Å². The van der Waals surface area contributed by atoms with Crippen molar-refractivity contribution in [3.05, 3.63) is 75.2 Å². The Kier molecular flexibility index (Phi) is 5.90. The van der Waals surface area contributed by atoms with E-state index >= 15 is 0 Å². The third-order valence-electron chi connectivity index (χ3n) is 5.38. The van der Waals surface area contributed by atoms with Crippen molar-refractivity contribution in [1.29, 1.82) is 0 Å². The Hall–Kier alpha value is -3.06. The minimum atomic E-state index is -0.253. The number of amides is 2. The lowest BCUT2D eigenvalue weighted by Gasteiger charge is -2.31. The third-order valence-corrected chi connectivity index (χ3v) is 6.47. The van der Waals surface area contributed by atoms with Crippen molar-refractivity contribution in [2.45, 2.75) is 32.6 Å². The van der Waals surface area contributed by atoms with Crippen molar-refractivity contribution in [3.63, 3.8) is 0 Å². The number of aromatic nitrogens is 2. The van der Waals surface area contributed by atoms with Crippen molar-refractivity contribution >= 4 is 28.8 Å². The summed E-state index contributed by atoms with van der Waals surface area (Å²) in [6, 6.07) is 15.3. The molecule has 4 rings (SSSR count). The lowest BCUT2D eigenvalue weighted by molar-refractivity contribution is 0.0706. The lowest BCUT2D eigenvalue weighted by Crippen LogP contribution is -2.39. The summed E-state index contributed by atoms with van der Waals surface area (Å²) >= 11 is 1.31. The number of para-hydroxylation sites is 1. The molecule has 7 heteroatoms. The molecule has 0 bridgehead atoms. The molecule has 0 unspecified atom stereocenters. The highest BCUT2D eigenvalue weighted by Crippen LogP contribution is 2.30. The van der Waals surface area contributed by atoms with Gasteiger partial charge in [0.2, 0.25) is 5.01 Å². The van der Waals surface area contributed by atoms with Gasteiger partial charge >= 0.3 is 0 Å². The van der Waals surface area contributed by atoms with E-state index in [1.54, 1.807) is 0 Å². The van der Waals surface area contributed by atoms with Gasteiger partial charge in [0.05, 0.1) is 0 Å². The summed E-state index contributed by atoms with van der Waals surface area (Å²) in [5.41, 5.74) is 3.60. The predicted molar refractivity (Wildman–Crippen MR) is 118 cm³/mol. The summed E-state index contributed by atoms with van der Waals surface area (Å²) in [5.74, 6) is -0.108. The van der Waals surface area contributed by atoms with Crippen LogP contribution in [0.15, 0.2) is 48.5 Å². The standard InChI is InChI=1S/C23H24N4O2S/c1-15-9-11-17(12-10-15)23(29)27-13-5-7-18(14-27)21-25-26-22(30-21)20(28)24-19-8-4-3-6-16(19)2/h3-4,6,8-12,18H,5,7,13-14H2,1-2H3,(H,24,28)/t18-/m1/s1. The number of hydrogen-bond donors (Lipinski definition) is 1. The molecule has 0 radical (unpaired) electrons. The monoisotopic (exact) mass is 420 g/mol. The van der Waals surface area contributed by atoms with Gasteiger partial charge in [-0.3, -0.25) is 9.59 Å². The maximum Gasteiger partial charge on any atom is 0.286 e. The molecule has 0 saturated carbocycles. The van der Waals surface area contributed by atoms with Gasteiger partial charge < -0.3 is 10.2 Å². The number of likely N-dealkylation sites (tertiary alicyclic amines) is 1. The summed E-state index contributed by atoms with van der Waals surface area (Å²) in [5, 5.41) is 12.4. The molecule has 154 valence electrons. The van der Waals surface area contributed by atoms with Crippen molar-refractivity contribution in [3.8, 4) is 0 Å². The number of nitrogens with one attached hydrogen (secondary N) is 1. The number of piperidine rings is 1. The zero-order chi connectivity index (χ0) is 21.1. The number of aryl methyl sites for hydroxylation is 2. The molecule has 2 heterocycles. The Bertz CT molecular complexity index is 1060. The Morgan fingerprint density at radius 1 is 1.07 bits per heavy atom. The highest BCUT2D eigenvalue weighted by molar-refractivity contribution is 7.13. The fraction of sp³-hybridized carbons (Fsp3) is 0.304. The molecule has 2 aromatic carbocycles. The van der Waals surface area contributed by atoms with Gasteiger partial charge in [-0.15, -0.1) is 10.2 Å². The Morgan fingerprint density at radius 3 is 2.60 bits per heavy atom. The molecule has 0 aliphatic carbocycles. The van der Waals surface area contributed by atoms with E-state index in [-0.39, 0.29) is 17.7 Å². The van der Waals surface area contributed by atoms with E-state index < -0.39 is 0 Å². The maximum absolute atomic E-state index is 12.9. The first-order valence-corrected chi connectivity index (χ1v) is 10.9. The van der Waals surface area contributed by atoms with Crippen LogP contribution >= 0.6 is 11.3 Å². The average molecular weight is 421 g/mol. The number of benzene rings is 2. The number of carbonyl (C=O) groups excluding carboxylic acids is 2. The number of anilines is 1. The van der Waals surface area contributed by atoms with Gasteiger partial charge in [-0.2, -0.15) is 0 Å². The predicted octanol–water partition coefficient (Wildman–Crippen LogP) is 4.43. The highest BCUT2D eigenvalue weighted by atomic mass is 32.1. The normalized spacial score (nSPS) is 16.3. The van der Waals surface area contributed by atoms with Crippen molar-refractivity contribution in [1.82, 2.24) is 15.1 Å². The Labute approximate surface area is 180 Å². The lowest BCUT2D eigenvalue weighted by atomic mass is 9.98. The van der Waals surface area contributed by atoms with Gasteiger partial charge in [0, 0.05) is 30.3 Å². The fourth-order valence-corrected chi connectivity index (χ4v) is 4.49. The third kappa shape index (κ3) is 4.41. The van der Waals surface area contributed by atoms with Crippen LogP contribution in [-0.2, 0) is 0 Å². The van der Waals surface area contributed by atoms with Crippen LogP contribution in [0.5, 0.6) is 0 Å². The van der Waals surface area contributed by atoms with E-state index in [9.17, 15) is 9.59 Å². The molecular weight excluding hydrogens is 396 g/mol. The van der Waals surface area contributed by atoms with Gasteiger partial charge in [0.25, 0.3) is 11.8 Å². The van der Waals surface area contributed by atoms with E-state index in [0.29, 0.717) is 17.1 Å². The van der Waals surface area contributed by atoms with Gasteiger partial charge in [0.1, 0.15) is 5.01 Å². The zero-order valence-electron chi connectivity index (χ0n) is 17.1. The quantitative estimate of drug-likeness (QED) is 0.678. The fourth-order valence-electron chi connectivity index (χ4n) is 3.62. The molecule has 3 aromatic rings. The minimum Gasteiger partial charge on any atom is -0.338 e. The largest absolute Gasteiger partial charge is 0.338 e. The van der Waals surface area contributed by atoms with Crippen LogP contribution in [0.25, 0.3) is 0 Å². The second-order valence-corrected chi connectivity index (χ2v) is 8.68. The SMILES string of the molecule is Cc1ccc(C(=O)N2CCC[C@@H](c3nnc(C(=O)Nc4ccccc4C)s3)C2)cc1. The van der Waals surface area contributed by atoms with Gasteiger partial charge in [-0.25, -0.2) is 0 Å². The van der Waals surface area contributed by atoms with Gasteiger partial charge in [0.15, 0.2) is 0 Å². The molecule has 1 aliphatic rings. The highest BCUT2D eigenvalue weighted by Gasteiger charge is 2.28. The maximum atomic E-state index is 12.9. The van der Waals surface area contributed by atoms with E-state index in [2.05, 4.69) is 15.5 Å². The topological polar surface area (TPSA) is 75.2 Å². The van der Waals surface area contributed by atoms with Crippen molar-refractivity contribution in [2.75, 3.05) is 18.4 Å². The summed E-state index contributed by atoms with van der Waals surface area (Å²) in [6.07, 6.45) is 1.85. The molecule has 1 atom stereocenters. The first kappa shape index (κ1) is 20.2. The molecule has 30 heavy (non-hydrogen) atoms. The van der Waals surface area contributed by atoms with Crippen LogP contribution in [0.2, 0.25) is 0 Å². The minimum absolute atomic E-state index is 0.0433. The molecule has 1 saturated heterocycles. The second kappa shape index (κ2) is 8.75. The van der Waals surface area contributed by atoms with Crippen LogP contribution in [0.4, 0.5) is 5.69 Å². The van der Waals surface area contributed by atoms with Gasteiger partial charge in [-0.05, 0) is 50.5 Å². The molecule has 6 nitrogen and oxygen atoms in total. The number of rotatable bonds is 4. The summed E-state index contributed by atoms with van der Waals surface area (Å²) < 4.78 is 0. The zero-order valence-corrected chi connectivity index (χ0v) is 17.9. The molecular formula is C23H24N4O2S. The summed E-state index contributed by atoms with van der Waals surface area (Å²) in [4.78, 5) is 27.3. The molecule has 1 fully saturated rings. The Morgan fingerprint density at radius 2 is 1.83 bits per heavy atom. The first-order chi connectivity index (χ1) is 14.5. The van der Waals surface area contributed by atoms with E-state index in [0.717, 1.165) is 41.2 Å². The van der Waals surface area contributed by atoms with Gasteiger partial charge in [-0.1, -0.05) is 47.2 Å². The van der Waals surface area contributed by atoms with Crippen LogP contribution in [-0.4, -0.2) is 40.0 Å². The van der Waals surface area contributed by atoms with Crippen molar-refractivity contribution < 1.29 is 9.59 Å². The van der Waals surface area contributed by atoms with Crippen molar-refractivity contribution in [2.24, 2.45) is 0 Å². The molecule has 2 amide bonds. The number of hydrogen-bond acceptors (Lipinski definition) is 5. The number of nitrogens with zero attached hydrogens (tertiary/aromatic N) is 3. The summed E-state index contributed by atoms with van der Waals surface area (Å²) in [6.45, 7) is 5.29. The molecule has 1 aromatic heterocycles. The van der Waals surface area contributed by atoms with E-state index in [4.69, 9.17) is 0 Å². The Balaban J connectivity index is 1.44. The molecule has 1 N–H and O–H groups in total. The van der Waals surface area contributed by atoms with Crippen LogP contribution in [0, 0.1) is 13.8 Å². The first-order valence-electron chi connectivity index (χ1n) is 10.1. The summed E-state index contributed by atoms with van der Waals surface area (Å²) in [7, 11) is 0. The number of carbonyl (C=O) groups is 2. The molecule has 0 spiro atoms. The van der Waals surface area contributed by atoms with E-state index in [1.807, 2.05) is 67.3 Å². The van der Waals surface area contributed by atoms with Crippen LogP contribution in [0.1, 0.15) is 55.1 Å². The smallest absolute Gasteiger partial charge is 0.286 e. The molecule has 1 aliphatic heterocycles. The second-order valence-electron chi connectivity index (χ2n) is 7.67. The van der Waals surface area contributed by atoms with E-state index in [1.165, 1.54) is 11.3 Å². The van der Waals surface area contributed by atoms with Crippen LogP contribution < -0.4 is 5.32 Å². The average Bonchev–Trinajstić information content (AvgIpc) is 3.26.